The van der Waals surface area contributed by atoms with Gasteiger partial charge in [-0.3, -0.25) is 0 Å². The second kappa shape index (κ2) is 7.56. The molecule has 2 aromatic carbocycles. The number of carboxylic acid groups (broad SMARTS) is 1. The Bertz CT molecular complexity index is 902. The second-order valence-electron chi connectivity index (χ2n) is 9.10. The van der Waals surface area contributed by atoms with Gasteiger partial charge in [0.2, 0.25) is 0 Å². The molecular weight excluding hydrogens is 348 g/mol. The van der Waals surface area contributed by atoms with Crippen LogP contribution in [0.15, 0.2) is 36.4 Å². The highest BCUT2D eigenvalue weighted by Gasteiger charge is 2.37. The van der Waals surface area contributed by atoms with E-state index in [0.717, 1.165) is 29.5 Å². The van der Waals surface area contributed by atoms with Gasteiger partial charge in [0.05, 0.1) is 5.56 Å². The minimum Gasteiger partial charge on any atom is -0.478 e. The Balaban J connectivity index is 2.03. The summed E-state index contributed by atoms with van der Waals surface area (Å²) in [6.07, 6.45) is 7.04. The highest BCUT2D eigenvalue weighted by atomic mass is 16.4. The predicted molar refractivity (Wildman–Crippen MR) is 115 cm³/mol. The zero-order valence-electron chi connectivity index (χ0n) is 17.2. The van der Waals surface area contributed by atoms with Gasteiger partial charge in [0.15, 0.2) is 0 Å². The van der Waals surface area contributed by atoms with E-state index in [1.165, 1.54) is 11.1 Å². The lowest BCUT2D eigenvalue weighted by atomic mass is 9.62. The highest BCUT2D eigenvalue weighted by molar-refractivity contribution is 5.88. The van der Waals surface area contributed by atoms with Crippen molar-refractivity contribution in [2.24, 2.45) is 0 Å². The maximum Gasteiger partial charge on any atom is 0.335 e. The summed E-state index contributed by atoms with van der Waals surface area (Å²) in [7, 11) is 0. The van der Waals surface area contributed by atoms with Crippen molar-refractivity contribution in [1.29, 1.82) is 0 Å². The van der Waals surface area contributed by atoms with Gasteiger partial charge in [0.25, 0.3) is 0 Å². The lowest BCUT2D eigenvalue weighted by Crippen LogP contribution is -2.34. The number of benzene rings is 2. The van der Waals surface area contributed by atoms with Gasteiger partial charge in [-0.1, -0.05) is 64.1 Å². The van der Waals surface area contributed by atoms with Crippen LogP contribution >= 0.6 is 0 Å². The molecule has 0 atom stereocenters. The Labute approximate surface area is 167 Å². The highest BCUT2D eigenvalue weighted by Crippen LogP contribution is 2.46. The Kier molecular flexibility index (Phi) is 5.49. The van der Waals surface area contributed by atoms with E-state index >= 15 is 0 Å². The van der Waals surface area contributed by atoms with E-state index in [2.05, 4.69) is 45.9 Å². The first kappa shape index (κ1) is 20.3. The van der Waals surface area contributed by atoms with E-state index in [1.807, 2.05) is 18.2 Å². The average Bonchev–Trinajstić information content (AvgIpc) is 2.65. The van der Waals surface area contributed by atoms with Crippen molar-refractivity contribution >= 4 is 18.1 Å². The molecule has 0 amide bonds. The number of carboxylic acids is 1. The van der Waals surface area contributed by atoms with Crippen molar-refractivity contribution in [3.8, 4) is 0 Å². The molecule has 1 aliphatic rings. The number of aliphatic hydroxyl groups excluding tert-OH is 1. The number of aromatic carboxylic acids is 1. The van der Waals surface area contributed by atoms with Crippen LogP contribution in [0.3, 0.4) is 0 Å². The van der Waals surface area contributed by atoms with Crippen LogP contribution in [0.1, 0.15) is 78.7 Å². The second-order valence-corrected chi connectivity index (χ2v) is 9.10. The fourth-order valence-electron chi connectivity index (χ4n) is 4.09. The normalized spacial score (nSPS) is 17.5. The van der Waals surface area contributed by atoms with E-state index in [-0.39, 0.29) is 23.0 Å². The van der Waals surface area contributed by atoms with E-state index < -0.39 is 5.97 Å². The smallest absolute Gasteiger partial charge is 0.335 e. The van der Waals surface area contributed by atoms with Crippen LogP contribution in [0.5, 0.6) is 0 Å². The van der Waals surface area contributed by atoms with Gasteiger partial charge < -0.3 is 10.2 Å². The molecule has 3 rings (SSSR count). The van der Waals surface area contributed by atoms with Gasteiger partial charge in [-0.05, 0) is 70.0 Å². The third-order valence-electron chi connectivity index (χ3n) is 6.11. The van der Waals surface area contributed by atoms with E-state index in [4.69, 9.17) is 5.11 Å². The number of fused-ring (bicyclic) bond motifs is 1. The number of hydrogen-bond acceptors (Lipinski definition) is 2. The van der Waals surface area contributed by atoms with Crippen molar-refractivity contribution in [3.05, 3.63) is 69.8 Å². The number of hydrogen-bond donors (Lipinski definition) is 2. The van der Waals surface area contributed by atoms with Crippen molar-refractivity contribution in [1.82, 2.24) is 0 Å². The first-order valence-electron chi connectivity index (χ1n) is 9.94. The molecule has 0 saturated carbocycles. The Morgan fingerprint density at radius 2 is 1.54 bits per heavy atom. The number of aliphatic hydroxyl groups is 1. The molecule has 0 aromatic heterocycles. The van der Waals surface area contributed by atoms with Gasteiger partial charge in [-0.25, -0.2) is 4.79 Å². The lowest BCUT2D eigenvalue weighted by molar-refractivity contribution is 0.0697. The Morgan fingerprint density at radius 1 is 0.964 bits per heavy atom. The molecular formula is C25H30O3. The van der Waals surface area contributed by atoms with Crippen molar-refractivity contribution < 1.29 is 15.0 Å². The van der Waals surface area contributed by atoms with Gasteiger partial charge in [-0.15, -0.1) is 0 Å². The van der Waals surface area contributed by atoms with Crippen molar-refractivity contribution in [2.45, 2.75) is 57.8 Å². The largest absolute Gasteiger partial charge is 0.478 e. The van der Waals surface area contributed by atoms with E-state index in [9.17, 15) is 9.90 Å². The first-order valence-corrected chi connectivity index (χ1v) is 9.94. The summed E-state index contributed by atoms with van der Waals surface area (Å²) in [5, 5.41) is 18.6. The molecule has 28 heavy (non-hydrogen) atoms. The SMILES string of the molecule is CC1(C)CCC(C)(C)c2cc(CCO)c(C=Cc3ccc(C(=O)O)cc3)cc21. The van der Waals surface area contributed by atoms with Gasteiger partial charge in [0.1, 0.15) is 0 Å². The summed E-state index contributed by atoms with van der Waals surface area (Å²) in [6.45, 7) is 9.36. The third-order valence-corrected chi connectivity index (χ3v) is 6.11. The third kappa shape index (κ3) is 4.05. The zero-order valence-corrected chi connectivity index (χ0v) is 17.2. The Hall–Kier alpha value is -2.39. The van der Waals surface area contributed by atoms with Gasteiger partial charge >= 0.3 is 5.97 Å². The fraction of sp³-hybridized carbons (Fsp3) is 0.400. The van der Waals surface area contributed by atoms with Gasteiger partial charge in [-0.2, -0.15) is 0 Å². The summed E-state index contributed by atoms with van der Waals surface area (Å²) < 4.78 is 0. The van der Waals surface area contributed by atoms with Crippen LogP contribution in [0.2, 0.25) is 0 Å². The molecule has 0 bridgehead atoms. The summed E-state index contributed by atoms with van der Waals surface area (Å²) in [5.74, 6) is -0.916. The topological polar surface area (TPSA) is 57.5 Å². The average molecular weight is 379 g/mol. The van der Waals surface area contributed by atoms with Crippen LogP contribution in [-0.2, 0) is 17.3 Å². The molecule has 3 nitrogen and oxygen atoms in total. The van der Waals surface area contributed by atoms with Crippen molar-refractivity contribution in [3.63, 3.8) is 0 Å². The minimum absolute atomic E-state index is 0.122. The molecule has 0 unspecified atom stereocenters. The summed E-state index contributed by atoms with van der Waals surface area (Å²) in [4.78, 5) is 11.0. The summed E-state index contributed by atoms with van der Waals surface area (Å²) >= 11 is 0. The summed E-state index contributed by atoms with van der Waals surface area (Å²) in [6, 6.07) is 11.5. The molecule has 0 fully saturated rings. The van der Waals surface area contributed by atoms with Crippen LogP contribution in [-0.4, -0.2) is 22.8 Å². The summed E-state index contributed by atoms with van der Waals surface area (Å²) in [5.41, 5.74) is 6.60. The maximum atomic E-state index is 11.0. The molecule has 3 heteroatoms. The minimum atomic E-state index is -0.916. The molecule has 2 aromatic rings. The number of carbonyl (C=O) groups is 1. The molecule has 0 spiro atoms. The monoisotopic (exact) mass is 378 g/mol. The lowest BCUT2D eigenvalue weighted by Gasteiger charge is -2.42. The fourth-order valence-corrected chi connectivity index (χ4v) is 4.09. The predicted octanol–water partition coefficient (Wildman–Crippen LogP) is 5.44. The maximum absolute atomic E-state index is 11.0. The first-order chi connectivity index (χ1) is 13.1. The Morgan fingerprint density at radius 3 is 2.07 bits per heavy atom. The molecule has 0 radical (unpaired) electrons. The zero-order chi connectivity index (χ0) is 20.5. The van der Waals surface area contributed by atoms with Crippen LogP contribution < -0.4 is 0 Å². The van der Waals surface area contributed by atoms with Crippen molar-refractivity contribution in [2.75, 3.05) is 6.61 Å². The van der Waals surface area contributed by atoms with Crippen LogP contribution in [0.4, 0.5) is 0 Å². The quantitative estimate of drug-likeness (QED) is 0.681. The standard InChI is InChI=1S/C25H30O3/c1-24(2)12-13-25(3,4)22-16-20(11-14-26)19(15-21(22)24)10-7-17-5-8-18(9-6-17)23(27)28/h5-10,15-16,26H,11-14H2,1-4H3,(H,27,28). The molecule has 0 saturated heterocycles. The molecule has 148 valence electrons. The number of rotatable bonds is 5. The van der Waals surface area contributed by atoms with E-state index in [0.29, 0.717) is 6.42 Å². The molecule has 1 aliphatic carbocycles. The van der Waals surface area contributed by atoms with E-state index in [1.54, 1.807) is 12.1 Å². The molecule has 0 aliphatic heterocycles. The van der Waals surface area contributed by atoms with Crippen LogP contribution in [0, 0.1) is 0 Å². The molecule has 2 N–H and O–H groups in total. The molecule has 0 heterocycles. The van der Waals surface area contributed by atoms with Crippen LogP contribution in [0.25, 0.3) is 12.2 Å². The van der Waals surface area contributed by atoms with Gasteiger partial charge in [0, 0.05) is 6.61 Å².